The van der Waals surface area contributed by atoms with Crippen LogP contribution in [0.3, 0.4) is 0 Å². The fourth-order valence-corrected chi connectivity index (χ4v) is 2.80. The Labute approximate surface area is 147 Å². The molecule has 0 aliphatic carbocycles. The Morgan fingerprint density at radius 1 is 1.33 bits per heavy atom. The van der Waals surface area contributed by atoms with Gasteiger partial charge in [-0.15, -0.1) is 11.3 Å². The van der Waals surface area contributed by atoms with Crippen LogP contribution < -0.4 is 15.4 Å². The molecule has 24 heavy (non-hydrogen) atoms. The van der Waals surface area contributed by atoms with Crippen molar-refractivity contribution < 1.29 is 4.74 Å². The number of hydrogen-bond donors (Lipinski definition) is 2. The molecule has 2 rings (SSSR count). The van der Waals surface area contributed by atoms with Gasteiger partial charge in [0.15, 0.2) is 5.96 Å². The standard InChI is InChI=1S/C17H25N5OS/c1-4-18-17(20-10-8-15-12-24-13(3)22-15)21-11-14-7-6-9-19-16(14)23-5-2/h6-7,9,12H,4-5,8,10-11H2,1-3H3,(H2,18,20,21). The number of rotatable bonds is 8. The van der Waals surface area contributed by atoms with E-state index in [-0.39, 0.29) is 0 Å². The van der Waals surface area contributed by atoms with Crippen LogP contribution in [0.25, 0.3) is 0 Å². The molecule has 0 unspecified atom stereocenters. The lowest BCUT2D eigenvalue weighted by Gasteiger charge is -2.11. The van der Waals surface area contributed by atoms with E-state index in [4.69, 9.17) is 4.74 Å². The molecule has 6 nitrogen and oxygen atoms in total. The third kappa shape index (κ3) is 5.81. The van der Waals surface area contributed by atoms with E-state index < -0.39 is 0 Å². The number of aliphatic imine (C=N–C) groups is 1. The van der Waals surface area contributed by atoms with E-state index >= 15 is 0 Å². The summed E-state index contributed by atoms with van der Waals surface area (Å²) in [6, 6.07) is 3.89. The van der Waals surface area contributed by atoms with E-state index in [0.29, 0.717) is 19.0 Å². The summed E-state index contributed by atoms with van der Waals surface area (Å²) in [7, 11) is 0. The smallest absolute Gasteiger partial charge is 0.218 e. The zero-order valence-corrected chi connectivity index (χ0v) is 15.3. The van der Waals surface area contributed by atoms with Crippen LogP contribution in [0.4, 0.5) is 0 Å². The van der Waals surface area contributed by atoms with Crippen LogP contribution >= 0.6 is 11.3 Å². The second-order valence-electron chi connectivity index (χ2n) is 5.13. The van der Waals surface area contributed by atoms with Gasteiger partial charge in [-0.2, -0.15) is 0 Å². The van der Waals surface area contributed by atoms with Crippen LogP contribution in [0.5, 0.6) is 5.88 Å². The number of aryl methyl sites for hydroxylation is 1. The van der Waals surface area contributed by atoms with Crippen molar-refractivity contribution in [2.75, 3.05) is 19.7 Å². The number of pyridine rings is 1. The van der Waals surface area contributed by atoms with E-state index in [1.54, 1.807) is 17.5 Å². The van der Waals surface area contributed by atoms with Gasteiger partial charge in [0.05, 0.1) is 23.9 Å². The average molecular weight is 347 g/mol. The Morgan fingerprint density at radius 3 is 2.92 bits per heavy atom. The van der Waals surface area contributed by atoms with E-state index in [1.165, 1.54) is 0 Å². The summed E-state index contributed by atoms with van der Waals surface area (Å²) in [5.74, 6) is 1.44. The second kappa shape index (κ2) is 9.87. The third-order valence-electron chi connectivity index (χ3n) is 3.22. The minimum atomic E-state index is 0.522. The van der Waals surface area contributed by atoms with Gasteiger partial charge in [0.2, 0.25) is 5.88 Å². The van der Waals surface area contributed by atoms with Crippen molar-refractivity contribution >= 4 is 17.3 Å². The highest BCUT2D eigenvalue weighted by molar-refractivity contribution is 7.09. The maximum atomic E-state index is 5.54. The van der Waals surface area contributed by atoms with Crippen molar-refractivity contribution in [3.63, 3.8) is 0 Å². The number of thiazole rings is 1. The molecule has 0 fully saturated rings. The summed E-state index contributed by atoms with van der Waals surface area (Å²) in [6.07, 6.45) is 2.61. The first-order valence-corrected chi connectivity index (χ1v) is 9.10. The van der Waals surface area contributed by atoms with E-state index in [2.05, 4.69) is 37.9 Å². The fourth-order valence-electron chi connectivity index (χ4n) is 2.15. The van der Waals surface area contributed by atoms with Crippen molar-refractivity contribution in [3.05, 3.63) is 40.0 Å². The summed E-state index contributed by atoms with van der Waals surface area (Å²) in [5, 5.41) is 9.80. The number of ether oxygens (including phenoxy) is 1. The number of aromatic nitrogens is 2. The SMILES string of the molecule is CCNC(=NCc1cccnc1OCC)NCCc1csc(C)n1. The summed E-state index contributed by atoms with van der Waals surface area (Å²) < 4.78 is 5.54. The fraction of sp³-hybridized carbons (Fsp3) is 0.471. The molecule has 0 bridgehead atoms. The van der Waals surface area contributed by atoms with Crippen molar-refractivity contribution in [2.24, 2.45) is 4.99 Å². The molecule has 0 aliphatic heterocycles. The van der Waals surface area contributed by atoms with E-state index in [9.17, 15) is 0 Å². The molecule has 0 aromatic carbocycles. The summed E-state index contributed by atoms with van der Waals surface area (Å²) >= 11 is 1.68. The minimum absolute atomic E-state index is 0.522. The first kappa shape index (κ1) is 18.2. The Balaban J connectivity index is 1.92. The lowest BCUT2D eigenvalue weighted by Crippen LogP contribution is -2.38. The molecular weight excluding hydrogens is 322 g/mol. The van der Waals surface area contributed by atoms with E-state index in [1.807, 2.05) is 26.0 Å². The molecule has 2 aromatic rings. The monoisotopic (exact) mass is 347 g/mol. The lowest BCUT2D eigenvalue weighted by molar-refractivity contribution is 0.323. The molecule has 0 atom stereocenters. The minimum Gasteiger partial charge on any atom is -0.478 e. The van der Waals surface area contributed by atoms with Crippen LogP contribution in [0.15, 0.2) is 28.7 Å². The third-order valence-corrected chi connectivity index (χ3v) is 4.05. The van der Waals surface area contributed by atoms with Gasteiger partial charge in [0.25, 0.3) is 0 Å². The predicted molar refractivity (Wildman–Crippen MR) is 98.8 cm³/mol. The molecule has 0 aliphatic rings. The van der Waals surface area contributed by atoms with Crippen LogP contribution in [0.1, 0.15) is 30.1 Å². The zero-order valence-electron chi connectivity index (χ0n) is 14.5. The lowest BCUT2D eigenvalue weighted by atomic mass is 10.3. The highest BCUT2D eigenvalue weighted by atomic mass is 32.1. The molecule has 2 N–H and O–H groups in total. The Bertz CT molecular complexity index is 656. The molecule has 130 valence electrons. The number of guanidine groups is 1. The zero-order chi connectivity index (χ0) is 17.2. The topological polar surface area (TPSA) is 71.4 Å². The van der Waals surface area contributed by atoms with Crippen LogP contribution in [-0.2, 0) is 13.0 Å². The number of nitrogens with zero attached hydrogens (tertiary/aromatic N) is 3. The predicted octanol–water partition coefficient (Wildman–Crippen LogP) is 2.54. The van der Waals surface area contributed by atoms with Gasteiger partial charge in [-0.3, -0.25) is 0 Å². The van der Waals surface area contributed by atoms with Crippen molar-refractivity contribution in [1.82, 2.24) is 20.6 Å². The normalized spacial score (nSPS) is 11.4. The highest BCUT2D eigenvalue weighted by Crippen LogP contribution is 2.15. The van der Waals surface area contributed by atoms with Crippen LogP contribution in [0.2, 0.25) is 0 Å². The number of nitrogens with one attached hydrogen (secondary N) is 2. The summed E-state index contributed by atoms with van der Waals surface area (Å²) in [4.78, 5) is 13.3. The first-order chi connectivity index (χ1) is 11.7. The largest absolute Gasteiger partial charge is 0.478 e. The molecule has 0 saturated carbocycles. The molecule has 2 aromatic heterocycles. The Hall–Kier alpha value is -2.15. The Kier molecular flexibility index (Phi) is 7.48. The molecule has 7 heteroatoms. The average Bonchev–Trinajstić information content (AvgIpc) is 2.99. The quantitative estimate of drug-likeness (QED) is 0.567. The van der Waals surface area contributed by atoms with Crippen molar-refractivity contribution in [3.8, 4) is 5.88 Å². The molecule has 0 spiro atoms. The first-order valence-electron chi connectivity index (χ1n) is 8.22. The molecule has 0 radical (unpaired) electrons. The molecule has 0 saturated heterocycles. The van der Waals surface area contributed by atoms with Gasteiger partial charge < -0.3 is 15.4 Å². The van der Waals surface area contributed by atoms with Gasteiger partial charge in [-0.1, -0.05) is 6.07 Å². The van der Waals surface area contributed by atoms with Crippen molar-refractivity contribution in [2.45, 2.75) is 33.7 Å². The van der Waals surface area contributed by atoms with Gasteiger partial charge >= 0.3 is 0 Å². The maximum Gasteiger partial charge on any atom is 0.218 e. The number of hydrogen-bond acceptors (Lipinski definition) is 5. The second-order valence-corrected chi connectivity index (χ2v) is 6.19. The van der Waals surface area contributed by atoms with Crippen LogP contribution in [-0.4, -0.2) is 35.6 Å². The van der Waals surface area contributed by atoms with Crippen molar-refractivity contribution in [1.29, 1.82) is 0 Å². The maximum absolute atomic E-state index is 5.54. The molecule has 2 heterocycles. The molecular formula is C17H25N5OS. The van der Waals surface area contributed by atoms with Gasteiger partial charge in [-0.05, 0) is 26.8 Å². The van der Waals surface area contributed by atoms with Gasteiger partial charge in [-0.25, -0.2) is 15.0 Å². The summed E-state index contributed by atoms with van der Waals surface area (Å²) in [6.45, 7) is 8.75. The van der Waals surface area contributed by atoms with Gasteiger partial charge in [0, 0.05) is 36.7 Å². The van der Waals surface area contributed by atoms with E-state index in [0.717, 1.165) is 41.7 Å². The summed E-state index contributed by atoms with van der Waals surface area (Å²) in [5.41, 5.74) is 2.10. The molecule has 0 amide bonds. The van der Waals surface area contributed by atoms with Crippen LogP contribution in [0, 0.1) is 6.92 Å². The Morgan fingerprint density at radius 2 is 2.21 bits per heavy atom. The van der Waals surface area contributed by atoms with Gasteiger partial charge in [0.1, 0.15) is 0 Å². The highest BCUT2D eigenvalue weighted by Gasteiger charge is 2.05.